The zero-order chi connectivity index (χ0) is 32.2. The minimum Gasteiger partial charge on any atom is -0.489 e. The summed E-state index contributed by atoms with van der Waals surface area (Å²) in [5, 5.41) is 2.85. The van der Waals surface area contributed by atoms with Crippen molar-refractivity contribution in [3.8, 4) is 5.75 Å². The van der Waals surface area contributed by atoms with E-state index in [1.807, 2.05) is 18.2 Å². The number of esters is 1. The number of rotatable bonds is 22. The van der Waals surface area contributed by atoms with Crippen molar-refractivity contribution in [3.63, 3.8) is 0 Å². The van der Waals surface area contributed by atoms with Crippen molar-refractivity contribution in [1.82, 2.24) is 0 Å². The molecule has 3 aromatic carbocycles. The minimum absolute atomic E-state index is 0.00146. The second kappa shape index (κ2) is 20.2. The highest BCUT2D eigenvalue weighted by molar-refractivity contribution is 5.96. The number of benzene rings is 3. The van der Waals surface area contributed by atoms with Gasteiger partial charge in [0.15, 0.2) is 0 Å². The summed E-state index contributed by atoms with van der Waals surface area (Å²) in [6.07, 6.45) is -4.47. The van der Waals surface area contributed by atoms with E-state index in [1.165, 1.54) is 18.2 Å². The van der Waals surface area contributed by atoms with Crippen LogP contribution < -0.4 is 15.8 Å². The number of hydrogen-bond acceptors (Lipinski definition) is 10. The van der Waals surface area contributed by atoms with Gasteiger partial charge in [0.2, 0.25) is 0 Å². The van der Waals surface area contributed by atoms with Crippen molar-refractivity contribution < 1.29 is 51.1 Å². The van der Waals surface area contributed by atoms with Crippen LogP contribution in [0.25, 0.3) is 0 Å². The Balaban J connectivity index is 1.13. The molecule has 0 saturated carbocycles. The Morgan fingerprint density at radius 1 is 0.644 bits per heavy atom. The van der Waals surface area contributed by atoms with E-state index in [1.54, 1.807) is 24.3 Å². The van der Waals surface area contributed by atoms with E-state index in [-0.39, 0.29) is 24.5 Å². The molecular weight excluding hydrogens is 597 g/mol. The molecule has 0 aromatic heterocycles. The Kier molecular flexibility index (Phi) is 16.0. The van der Waals surface area contributed by atoms with Crippen molar-refractivity contribution in [2.24, 2.45) is 0 Å². The standard InChI is InChI=1S/C32H39F3N2O8/c33-32(34,35)25-6-5-7-26(24-25)37-29-10-3-1-8-27(29)31(38)45-23-21-43-19-17-41-15-13-39-12-14-40-16-18-42-20-22-44-30-11-4-2-9-28(30)36/h1-11,24,37H,12-23,36H2. The lowest BCUT2D eigenvalue weighted by atomic mass is 10.1. The third-order valence-corrected chi connectivity index (χ3v) is 5.97. The topological polar surface area (TPSA) is 120 Å². The second-order valence-electron chi connectivity index (χ2n) is 9.33. The second-order valence-corrected chi connectivity index (χ2v) is 9.33. The van der Waals surface area contributed by atoms with Gasteiger partial charge in [0.05, 0.1) is 88.6 Å². The molecule has 0 unspecified atom stereocenters. The summed E-state index contributed by atoms with van der Waals surface area (Å²) in [6, 6.07) is 18.4. The van der Waals surface area contributed by atoms with Gasteiger partial charge >= 0.3 is 12.1 Å². The number of carbonyl (C=O) groups is 1. The van der Waals surface area contributed by atoms with Crippen molar-refractivity contribution >= 4 is 23.0 Å². The van der Waals surface area contributed by atoms with Crippen LogP contribution in [0.5, 0.6) is 5.75 Å². The number of nitrogens with two attached hydrogens (primary N) is 1. The zero-order valence-corrected chi connectivity index (χ0v) is 24.9. The van der Waals surface area contributed by atoms with Crippen LogP contribution in [0.3, 0.4) is 0 Å². The maximum Gasteiger partial charge on any atom is 0.416 e. The Bertz CT molecular complexity index is 1280. The molecule has 0 spiro atoms. The number of ether oxygens (including phenoxy) is 7. The van der Waals surface area contributed by atoms with E-state index in [9.17, 15) is 18.0 Å². The third kappa shape index (κ3) is 14.2. The number of nitrogens with one attached hydrogen (secondary N) is 1. The van der Waals surface area contributed by atoms with Gasteiger partial charge in [-0.2, -0.15) is 13.2 Å². The van der Waals surface area contributed by atoms with Crippen LogP contribution in [0.2, 0.25) is 0 Å². The molecule has 3 rings (SSSR count). The largest absolute Gasteiger partial charge is 0.489 e. The molecule has 3 aromatic rings. The fourth-order valence-corrected chi connectivity index (χ4v) is 3.77. The number of nitrogen functional groups attached to an aromatic ring is 1. The highest BCUT2D eigenvalue weighted by atomic mass is 19.4. The quantitative estimate of drug-likeness (QED) is 0.0849. The minimum atomic E-state index is -4.47. The summed E-state index contributed by atoms with van der Waals surface area (Å²) in [5.74, 6) is 0.0131. The Labute approximate surface area is 260 Å². The number of hydrogen-bond donors (Lipinski definition) is 2. The van der Waals surface area contributed by atoms with E-state index >= 15 is 0 Å². The van der Waals surface area contributed by atoms with E-state index in [2.05, 4.69) is 5.32 Å². The summed E-state index contributed by atoms with van der Waals surface area (Å²) in [7, 11) is 0. The van der Waals surface area contributed by atoms with Crippen LogP contribution in [-0.2, 0) is 34.6 Å². The molecule has 0 saturated heterocycles. The molecule has 45 heavy (non-hydrogen) atoms. The number of alkyl halides is 3. The molecule has 0 radical (unpaired) electrons. The fraction of sp³-hybridized carbons (Fsp3) is 0.406. The van der Waals surface area contributed by atoms with Gasteiger partial charge in [-0.3, -0.25) is 0 Å². The average molecular weight is 637 g/mol. The summed E-state index contributed by atoms with van der Waals surface area (Å²) < 4.78 is 77.0. The van der Waals surface area contributed by atoms with Gasteiger partial charge in [0, 0.05) is 5.69 Å². The van der Waals surface area contributed by atoms with Gasteiger partial charge in [-0.25, -0.2) is 4.79 Å². The van der Waals surface area contributed by atoms with E-state index < -0.39 is 17.7 Å². The molecular formula is C32H39F3N2O8. The van der Waals surface area contributed by atoms with E-state index in [4.69, 9.17) is 38.9 Å². The summed E-state index contributed by atoms with van der Waals surface area (Å²) >= 11 is 0. The van der Waals surface area contributed by atoms with Crippen LogP contribution >= 0.6 is 0 Å². The first-order chi connectivity index (χ1) is 21.8. The molecule has 246 valence electrons. The summed E-state index contributed by atoms with van der Waals surface area (Å²) in [5.41, 5.74) is 6.31. The van der Waals surface area contributed by atoms with Crippen LogP contribution in [0.4, 0.5) is 30.2 Å². The molecule has 0 amide bonds. The van der Waals surface area contributed by atoms with Crippen molar-refractivity contribution in [2.45, 2.75) is 6.18 Å². The highest BCUT2D eigenvalue weighted by Gasteiger charge is 2.30. The van der Waals surface area contributed by atoms with Crippen LogP contribution in [0.15, 0.2) is 72.8 Å². The lowest BCUT2D eigenvalue weighted by molar-refractivity contribution is -0.137. The Hall–Kier alpha value is -3.88. The van der Waals surface area contributed by atoms with Crippen LogP contribution in [0.1, 0.15) is 15.9 Å². The molecule has 0 fully saturated rings. The molecule has 0 aliphatic heterocycles. The predicted octanol–water partition coefficient (Wildman–Crippen LogP) is 5.35. The first-order valence-electron chi connectivity index (χ1n) is 14.4. The summed E-state index contributed by atoms with van der Waals surface area (Å²) in [4.78, 5) is 12.5. The van der Waals surface area contributed by atoms with Crippen LogP contribution in [0, 0.1) is 0 Å². The molecule has 13 heteroatoms. The van der Waals surface area contributed by atoms with Gasteiger partial charge in [0.1, 0.15) is 19.0 Å². The monoisotopic (exact) mass is 636 g/mol. The average Bonchev–Trinajstić information content (AvgIpc) is 3.03. The SMILES string of the molecule is Nc1ccccc1OCCOCCOCCOCCOCCOCCOC(=O)c1ccccc1Nc1cccc(C(F)(F)F)c1. The first kappa shape index (κ1) is 35.6. The lowest BCUT2D eigenvalue weighted by Gasteiger charge is -2.13. The third-order valence-electron chi connectivity index (χ3n) is 5.97. The van der Waals surface area contributed by atoms with Gasteiger partial charge in [-0.15, -0.1) is 0 Å². The Morgan fingerprint density at radius 3 is 1.78 bits per heavy atom. The smallest absolute Gasteiger partial charge is 0.416 e. The van der Waals surface area contributed by atoms with E-state index in [0.29, 0.717) is 83.2 Å². The van der Waals surface area contributed by atoms with Crippen molar-refractivity contribution in [3.05, 3.63) is 83.9 Å². The van der Waals surface area contributed by atoms with Crippen molar-refractivity contribution in [2.75, 3.05) is 90.3 Å². The lowest BCUT2D eigenvalue weighted by Crippen LogP contribution is -2.15. The number of carbonyl (C=O) groups excluding carboxylic acids is 1. The maximum absolute atomic E-state index is 13.0. The van der Waals surface area contributed by atoms with E-state index in [0.717, 1.165) is 12.1 Å². The van der Waals surface area contributed by atoms with Crippen LogP contribution in [-0.4, -0.2) is 85.3 Å². The predicted molar refractivity (Wildman–Crippen MR) is 162 cm³/mol. The number of anilines is 3. The molecule has 0 bridgehead atoms. The number of halogens is 3. The van der Waals surface area contributed by atoms with Gasteiger partial charge in [-0.1, -0.05) is 30.3 Å². The maximum atomic E-state index is 13.0. The molecule has 0 heterocycles. The highest BCUT2D eigenvalue weighted by Crippen LogP contribution is 2.32. The molecule has 0 aliphatic carbocycles. The molecule has 0 aliphatic rings. The van der Waals surface area contributed by atoms with Gasteiger partial charge < -0.3 is 44.2 Å². The molecule has 3 N–H and O–H groups in total. The molecule has 10 nitrogen and oxygen atoms in total. The molecule has 0 atom stereocenters. The zero-order valence-electron chi connectivity index (χ0n) is 24.9. The van der Waals surface area contributed by atoms with Gasteiger partial charge in [0.25, 0.3) is 0 Å². The first-order valence-corrected chi connectivity index (χ1v) is 14.4. The normalized spacial score (nSPS) is 11.4. The fourth-order valence-electron chi connectivity index (χ4n) is 3.77. The Morgan fingerprint density at radius 2 is 1.18 bits per heavy atom. The van der Waals surface area contributed by atoms with Crippen molar-refractivity contribution in [1.29, 1.82) is 0 Å². The van der Waals surface area contributed by atoms with Gasteiger partial charge in [-0.05, 0) is 42.5 Å². The summed E-state index contributed by atoms with van der Waals surface area (Å²) in [6.45, 7) is 4.21. The number of para-hydroxylation sites is 3.